The Kier molecular flexibility index (Phi) is 9.47. The topological polar surface area (TPSA) is 74.2 Å². The van der Waals surface area contributed by atoms with Gasteiger partial charge in [-0.1, -0.05) is 86.0 Å². The number of aromatic hydroxyl groups is 1. The highest BCUT2D eigenvalue weighted by Gasteiger charge is 2.31. The van der Waals surface area contributed by atoms with Crippen LogP contribution < -0.4 is 13.8 Å². The zero-order valence-electron chi connectivity index (χ0n) is 21.7. The van der Waals surface area contributed by atoms with Crippen LogP contribution in [0, 0.1) is 6.92 Å². The lowest BCUT2D eigenvalue weighted by Gasteiger charge is -2.20. The molecule has 0 heterocycles. The van der Waals surface area contributed by atoms with Crippen LogP contribution in [-0.4, -0.2) is 11.9 Å². The van der Waals surface area contributed by atoms with Crippen molar-refractivity contribution >= 4 is 7.82 Å². The van der Waals surface area contributed by atoms with Gasteiger partial charge in [0, 0.05) is 0 Å². The molecule has 0 saturated heterocycles. The minimum absolute atomic E-state index is 0.115. The standard InChI is InChI=1S/C31H33O6P/c1-3-4-7-14-25-21-29(32)31(26-15-12-13-24(2)20-26)30(22-25)34-23-35-38(33,36-27-16-8-5-9-17-27)37-28-18-10-6-11-19-28/h5-6,8-13,15-22,32H,3-4,7,14,23H2,1-2H3. The summed E-state index contributed by atoms with van der Waals surface area (Å²) < 4.78 is 36.6. The van der Waals surface area contributed by atoms with Crippen LogP contribution in [-0.2, 0) is 15.5 Å². The highest BCUT2D eigenvalue weighted by molar-refractivity contribution is 7.49. The zero-order chi connectivity index (χ0) is 26.8. The molecular formula is C31H33O6P. The third-order valence-electron chi connectivity index (χ3n) is 5.86. The van der Waals surface area contributed by atoms with Crippen molar-refractivity contribution in [3.05, 3.63) is 108 Å². The Morgan fingerprint density at radius 2 is 1.45 bits per heavy atom. The van der Waals surface area contributed by atoms with E-state index < -0.39 is 14.6 Å². The molecule has 6 nitrogen and oxygen atoms in total. The van der Waals surface area contributed by atoms with Gasteiger partial charge < -0.3 is 18.9 Å². The summed E-state index contributed by atoms with van der Waals surface area (Å²) in [6.45, 7) is 3.71. The summed E-state index contributed by atoms with van der Waals surface area (Å²) in [7, 11) is -4.13. The third-order valence-corrected chi connectivity index (χ3v) is 7.15. The Labute approximate surface area is 224 Å². The predicted octanol–water partition coefficient (Wildman–Crippen LogP) is 8.72. The Hall–Kier alpha value is -3.73. The van der Waals surface area contributed by atoms with Gasteiger partial charge in [0.05, 0.1) is 5.56 Å². The number of phosphoric acid groups is 1. The van der Waals surface area contributed by atoms with Crippen molar-refractivity contribution in [2.45, 2.75) is 39.5 Å². The Morgan fingerprint density at radius 3 is 2.05 bits per heavy atom. The number of aryl methyl sites for hydroxylation is 2. The monoisotopic (exact) mass is 532 g/mol. The second-order valence-corrected chi connectivity index (χ2v) is 10.5. The van der Waals surface area contributed by atoms with Crippen LogP contribution in [0.4, 0.5) is 0 Å². The maximum absolute atomic E-state index is 13.7. The minimum atomic E-state index is -4.13. The van der Waals surface area contributed by atoms with E-state index in [0.29, 0.717) is 22.8 Å². The van der Waals surface area contributed by atoms with Crippen LogP contribution in [0.1, 0.15) is 37.3 Å². The van der Waals surface area contributed by atoms with Crippen LogP contribution in [0.3, 0.4) is 0 Å². The molecule has 0 amide bonds. The first-order chi connectivity index (χ1) is 18.5. The number of para-hydroxylation sites is 2. The molecule has 0 bridgehead atoms. The van der Waals surface area contributed by atoms with Gasteiger partial charge in [0.2, 0.25) is 6.79 Å². The fourth-order valence-corrected chi connectivity index (χ4v) is 5.12. The van der Waals surface area contributed by atoms with E-state index in [2.05, 4.69) is 6.92 Å². The summed E-state index contributed by atoms with van der Waals surface area (Å²) >= 11 is 0. The average Bonchev–Trinajstić information content (AvgIpc) is 2.90. The Bertz CT molecular complexity index is 1310. The Morgan fingerprint density at radius 1 is 0.789 bits per heavy atom. The molecule has 0 atom stereocenters. The van der Waals surface area contributed by atoms with Gasteiger partial charge in [-0.05, 0) is 67.3 Å². The van der Waals surface area contributed by atoms with E-state index in [1.54, 1.807) is 54.6 Å². The van der Waals surface area contributed by atoms with Gasteiger partial charge in [-0.15, -0.1) is 0 Å². The summed E-state index contributed by atoms with van der Waals surface area (Å²) in [5.74, 6) is 1.21. The molecule has 0 spiro atoms. The summed E-state index contributed by atoms with van der Waals surface area (Å²) in [4.78, 5) is 0. The number of unbranched alkanes of at least 4 members (excludes halogenated alkanes) is 2. The van der Waals surface area contributed by atoms with Crippen LogP contribution >= 0.6 is 7.82 Å². The van der Waals surface area contributed by atoms with Crippen LogP contribution in [0.15, 0.2) is 97.1 Å². The van der Waals surface area contributed by atoms with Crippen LogP contribution in [0.2, 0.25) is 0 Å². The molecule has 1 N–H and O–H groups in total. The van der Waals surface area contributed by atoms with Crippen LogP contribution in [0.25, 0.3) is 11.1 Å². The summed E-state index contributed by atoms with van der Waals surface area (Å²) in [5.41, 5.74) is 3.35. The van der Waals surface area contributed by atoms with Crippen molar-refractivity contribution in [2.75, 3.05) is 6.79 Å². The molecule has 0 aliphatic rings. The van der Waals surface area contributed by atoms with E-state index in [-0.39, 0.29) is 5.75 Å². The smallest absolute Gasteiger partial charge is 0.507 e. The first kappa shape index (κ1) is 27.3. The maximum atomic E-state index is 13.7. The quantitative estimate of drug-likeness (QED) is 0.105. The normalized spacial score (nSPS) is 11.2. The molecule has 0 unspecified atom stereocenters. The number of benzene rings is 4. The van der Waals surface area contributed by atoms with Crippen molar-refractivity contribution in [1.29, 1.82) is 0 Å². The molecule has 38 heavy (non-hydrogen) atoms. The van der Waals surface area contributed by atoms with E-state index in [9.17, 15) is 9.67 Å². The molecule has 7 heteroatoms. The summed E-state index contributed by atoms with van der Waals surface area (Å²) in [6.07, 6.45) is 4.00. The number of phenolic OH excluding ortho intramolecular Hbond substituents is 1. The molecule has 4 rings (SSSR count). The van der Waals surface area contributed by atoms with Crippen molar-refractivity contribution in [1.82, 2.24) is 0 Å². The minimum Gasteiger partial charge on any atom is -0.507 e. The molecule has 4 aromatic rings. The molecule has 0 aromatic heterocycles. The van der Waals surface area contributed by atoms with Gasteiger partial charge in [-0.3, -0.25) is 0 Å². The first-order valence-corrected chi connectivity index (χ1v) is 14.2. The van der Waals surface area contributed by atoms with Gasteiger partial charge in [0.1, 0.15) is 23.0 Å². The second kappa shape index (κ2) is 13.2. The maximum Gasteiger partial charge on any atom is 0.590 e. The van der Waals surface area contributed by atoms with Gasteiger partial charge in [0.15, 0.2) is 0 Å². The average molecular weight is 533 g/mol. The van der Waals surface area contributed by atoms with Crippen molar-refractivity contribution < 1.29 is 28.0 Å². The van der Waals surface area contributed by atoms with E-state index in [1.165, 1.54) is 0 Å². The highest BCUT2D eigenvalue weighted by atomic mass is 31.2. The molecule has 0 aliphatic heterocycles. The fraction of sp³-hybridized carbons (Fsp3) is 0.226. The predicted molar refractivity (Wildman–Crippen MR) is 150 cm³/mol. The van der Waals surface area contributed by atoms with Gasteiger partial charge in [-0.2, -0.15) is 0 Å². The number of hydrogen-bond acceptors (Lipinski definition) is 6. The van der Waals surface area contributed by atoms with Crippen molar-refractivity contribution in [2.24, 2.45) is 0 Å². The van der Waals surface area contributed by atoms with Gasteiger partial charge >= 0.3 is 7.82 Å². The third kappa shape index (κ3) is 7.64. The molecule has 0 fully saturated rings. The van der Waals surface area contributed by atoms with E-state index in [4.69, 9.17) is 18.3 Å². The summed E-state index contributed by atoms with van der Waals surface area (Å²) in [5, 5.41) is 11.0. The summed E-state index contributed by atoms with van der Waals surface area (Å²) in [6, 6.07) is 28.8. The molecule has 4 aromatic carbocycles. The van der Waals surface area contributed by atoms with Crippen molar-refractivity contribution in [3.63, 3.8) is 0 Å². The van der Waals surface area contributed by atoms with Crippen LogP contribution in [0.5, 0.6) is 23.0 Å². The molecule has 0 radical (unpaired) electrons. The fourth-order valence-electron chi connectivity index (χ4n) is 4.03. The lowest BCUT2D eigenvalue weighted by atomic mass is 9.98. The number of rotatable bonds is 13. The molecule has 0 saturated carbocycles. The highest BCUT2D eigenvalue weighted by Crippen LogP contribution is 2.50. The lowest BCUT2D eigenvalue weighted by molar-refractivity contribution is 0.0888. The van der Waals surface area contributed by atoms with E-state index >= 15 is 0 Å². The first-order valence-electron chi connectivity index (χ1n) is 12.8. The second-order valence-electron chi connectivity index (χ2n) is 8.96. The SMILES string of the molecule is CCCCCc1cc(O)c(-c2cccc(C)c2)c(OCOP(=O)(Oc2ccccc2)Oc2ccccc2)c1. The number of ether oxygens (including phenoxy) is 1. The van der Waals surface area contributed by atoms with Gasteiger partial charge in [-0.25, -0.2) is 9.09 Å². The molecule has 198 valence electrons. The zero-order valence-corrected chi connectivity index (χ0v) is 22.6. The number of phosphoric ester groups is 1. The van der Waals surface area contributed by atoms with Gasteiger partial charge in [0.25, 0.3) is 0 Å². The largest absolute Gasteiger partial charge is 0.590 e. The van der Waals surface area contributed by atoms with E-state index in [0.717, 1.165) is 42.4 Å². The van der Waals surface area contributed by atoms with E-state index in [1.807, 2.05) is 49.4 Å². The lowest BCUT2D eigenvalue weighted by Crippen LogP contribution is -2.10. The Balaban J connectivity index is 1.59. The number of phenols is 1. The molecular weight excluding hydrogens is 499 g/mol. The molecule has 0 aliphatic carbocycles. The van der Waals surface area contributed by atoms with Crippen molar-refractivity contribution in [3.8, 4) is 34.1 Å². The number of hydrogen-bond donors (Lipinski definition) is 1.